The molecule has 0 fully saturated rings. The molecule has 1 heterocycles. The van der Waals surface area contributed by atoms with E-state index in [1.807, 2.05) is 13.0 Å². The van der Waals surface area contributed by atoms with Gasteiger partial charge in [0, 0.05) is 17.1 Å². The fourth-order valence-electron chi connectivity index (χ4n) is 2.54. The number of halogens is 1. The van der Waals surface area contributed by atoms with Crippen molar-refractivity contribution >= 4 is 44.1 Å². The SMILES string of the molecule is Cc1cc(NS(=O)(=O)c2cc(Cl)c(O)c(C(N)=O)c2)cc2[nH]ccc12. The van der Waals surface area contributed by atoms with Crippen LogP contribution in [0.25, 0.3) is 10.9 Å². The number of nitrogens with two attached hydrogens (primary N) is 1. The Labute approximate surface area is 148 Å². The van der Waals surface area contributed by atoms with E-state index >= 15 is 0 Å². The molecule has 0 aliphatic rings. The van der Waals surface area contributed by atoms with Gasteiger partial charge in [-0.05, 0) is 42.8 Å². The van der Waals surface area contributed by atoms with Gasteiger partial charge in [-0.15, -0.1) is 0 Å². The highest BCUT2D eigenvalue weighted by Gasteiger charge is 2.21. The van der Waals surface area contributed by atoms with Crippen LogP contribution >= 0.6 is 11.6 Å². The van der Waals surface area contributed by atoms with Crippen molar-refractivity contribution in [2.75, 3.05) is 4.72 Å². The maximum atomic E-state index is 12.6. The van der Waals surface area contributed by atoms with Crippen LogP contribution in [-0.2, 0) is 10.0 Å². The van der Waals surface area contributed by atoms with Crippen molar-refractivity contribution in [1.29, 1.82) is 0 Å². The number of phenols is 1. The summed E-state index contributed by atoms with van der Waals surface area (Å²) in [6.45, 7) is 1.86. The van der Waals surface area contributed by atoms with Crippen molar-refractivity contribution in [3.8, 4) is 5.75 Å². The minimum absolute atomic E-state index is 0.284. The van der Waals surface area contributed by atoms with Gasteiger partial charge < -0.3 is 15.8 Å². The molecule has 9 heteroatoms. The molecule has 3 aromatic rings. The molecule has 7 nitrogen and oxygen atoms in total. The number of carbonyl (C=O) groups is 1. The molecule has 0 spiro atoms. The Balaban J connectivity index is 2.05. The summed E-state index contributed by atoms with van der Waals surface area (Å²) >= 11 is 5.81. The summed E-state index contributed by atoms with van der Waals surface area (Å²) in [5.74, 6) is -1.54. The number of benzene rings is 2. The smallest absolute Gasteiger partial charge is 0.261 e. The maximum Gasteiger partial charge on any atom is 0.261 e. The fraction of sp³-hybridized carbons (Fsp3) is 0.0625. The molecule has 3 rings (SSSR count). The number of rotatable bonds is 4. The van der Waals surface area contributed by atoms with Gasteiger partial charge in [0.15, 0.2) is 0 Å². The zero-order valence-corrected chi connectivity index (χ0v) is 14.6. The molecule has 5 N–H and O–H groups in total. The number of aromatic amines is 1. The van der Waals surface area contributed by atoms with E-state index in [1.54, 1.807) is 18.3 Å². The number of nitrogens with one attached hydrogen (secondary N) is 2. The second kappa shape index (κ2) is 5.98. The molecule has 1 aromatic heterocycles. The average Bonchev–Trinajstić information content (AvgIpc) is 2.97. The minimum atomic E-state index is -4.04. The highest BCUT2D eigenvalue weighted by Crippen LogP contribution is 2.32. The predicted molar refractivity (Wildman–Crippen MR) is 95.5 cm³/mol. The first-order chi connectivity index (χ1) is 11.7. The predicted octanol–water partition coefficient (Wildman–Crippen LogP) is 2.74. The van der Waals surface area contributed by atoms with Gasteiger partial charge >= 0.3 is 0 Å². The van der Waals surface area contributed by atoms with Crippen molar-refractivity contribution in [3.63, 3.8) is 0 Å². The van der Waals surface area contributed by atoms with Gasteiger partial charge in [0.1, 0.15) is 5.75 Å². The van der Waals surface area contributed by atoms with E-state index in [0.29, 0.717) is 5.69 Å². The van der Waals surface area contributed by atoms with Gasteiger partial charge in [0.05, 0.1) is 21.2 Å². The van der Waals surface area contributed by atoms with Crippen molar-refractivity contribution in [1.82, 2.24) is 4.98 Å². The number of anilines is 1. The summed E-state index contributed by atoms with van der Waals surface area (Å²) in [7, 11) is -4.04. The zero-order chi connectivity index (χ0) is 18.4. The lowest BCUT2D eigenvalue weighted by atomic mass is 10.1. The zero-order valence-electron chi connectivity index (χ0n) is 13.0. The number of aromatic nitrogens is 1. The highest BCUT2D eigenvalue weighted by molar-refractivity contribution is 7.92. The molecule has 1 amide bonds. The van der Waals surface area contributed by atoms with Crippen LogP contribution in [-0.4, -0.2) is 24.4 Å². The minimum Gasteiger partial charge on any atom is -0.506 e. The number of aryl methyl sites for hydroxylation is 1. The summed E-state index contributed by atoms with van der Waals surface area (Å²) in [6.07, 6.45) is 1.76. The van der Waals surface area contributed by atoms with Crippen LogP contribution in [0.3, 0.4) is 0 Å². The summed E-state index contributed by atoms with van der Waals surface area (Å²) in [5, 5.41) is 10.4. The van der Waals surface area contributed by atoms with Crippen LogP contribution in [0.4, 0.5) is 5.69 Å². The molecular formula is C16H14ClN3O4S. The van der Waals surface area contributed by atoms with Gasteiger partial charge in [0.25, 0.3) is 15.9 Å². The number of hydrogen-bond donors (Lipinski definition) is 4. The molecule has 0 saturated carbocycles. The molecule has 0 atom stereocenters. The highest BCUT2D eigenvalue weighted by atomic mass is 35.5. The molecule has 0 saturated heterocycles. The number of sulfonamides is 1. The number of amides is 1. The lowest BCUT2D eigenvalue weighted by Crippen LogP contribution is -2.16. The lowest BCUT2D eigenvalue weighted by Gasteiger charge is -2.12. The maximum absolute atomic E-state index is 12.6. The van der Waals surface area contributed by atoms with Crippen LogP contribution < -0.4 is 10.5 Å². The summed E-state index contributed by atoms with van der Waals surface area (Å²) in [4.78, 5) is 14.1. The first kappa shape index (κ1) is 17.1. The molecular weight excluding hydrogens is 366 g/mol. The Morgan fingerprint density at radius 3 is 2.68 bits per heavy atom. The van der Waals surface area contributed by atoms with Crippen LogP contribution in [0, 0.1) is 6.92 Å². The van der Waals surface area contributed by atoms with Gasteiger partial charge in [-0.25, -0.2) is 8.42 Å². The first-order valence-corrected chi connectivity index (χ1v) is 8.98. The molecule has 25 heavy (non-hydrogen) atoms. The van der Waals surface area contributed by atoms with Crippen molar-refractivity contribution in [3.05, 3.63) is 52.7 Å². The molecule has 0 radical (unpaired) electrons. The average molecular weight is 380 g/mol. The van der Waals surface area contributed by atoms with E-state index in [2.05, 4.69) is 9.71 Å². The monoisotopic (exact) mass is 379 g/mol. The third-order valence-corrected chi connectivity index (χ3v) is 5.39. The van der Waals surface area contributed by atoms with Crippen LogP contribution in [0.15, 0.2) is 41.4 Å². The summed E-state index contributed by atoms with van der Waals surface area (Å²) < 4.78 is 27.7. The second-order valence-corrected chi connectivity index (χ2v) is 7.59. The van der Waals surface area contributed by atoms with E-state index in [4.69, 9.17) is 17.3 Å². The number of aromatic hydroxyl groups is 1. The quantitative estimate of drug-likeness (QED) is 0.556. The Morgan fingerprint density at radius 2 is 2.00 bits per heavy atom. The second-order valence-electron chi connectivity index (χ2n) is 5.50. The molecule has 0 aliphatic carbocycles. The Morgan fingerprint density at radius 1 is 1.28 bits per heavy atom. The number of fused-ring (bicyclic) bond motifs is 1. The van der Waals surface area contributed by atoms with E-state index in [0.717, 1.165) is 28.6 Å². The lowest BCUT2D eigenvalue weighted by molar-refractivity contribution is 0.0997. The van der Waals surface area contributed by atoms with Gasteiger partial charge in [-0.2, -0.15) is 0 Å². The third-order valence-electron chi connectivity index (χ3n) is 3.74. The standard InChI is InChI=1S/C16H14ClN3O4S/c1-8-4-9(5-14-11(8)2-3-19-14)20-25(23,24)10-6-12(16(18)22)15(21)13(17)7-10/h2-7,19-21H,1H3,(H2,18,22). The van der Waals surface area contributed by atoms with E-state index in [9.17, 15) is 18.3 Å². The van der Waals surface area contributed by atoms with Crippen molar-refractivity contribution in [2.45, 2.75) is 11.8 Å². The largest absolute Gasteiger partial charge is 0.506 e. The Hall–Kier alpha value is -2.71. The topological polar surface area (TPSA) is 125 Å². The normalized spacial score (nSPS) is 11.6. The van der Waals surface area contributed by atoms with E-state index < -0.39 is 21.7 Å². The first-order valence-electron chi connectivity index (χ1n) is 7.12. The van der Waals surface area contributed by atoms with Crippen molar-refractivity contribution in [2.24, 2.45) is 5.73 Å². The summed E-state index contributed by atoms with van der Waals surface area (Å²) in [5.41, 5.74) is 6.78. The van der Waals surface area contributed by atoms with Crippen molar-refractivity contribution < 1.29 is 18.3 Å². The Bertz CT molecular complexity index is 1110. The molecule has 130 valence electrons. The van der Waals surface area contributed by atoms with E-state index in [-0.39, 0.29) is 15.5 Å². The Kier molecular flexibility index (Phi) is 4.09. The van der Waals surface area contributed by atoms with Gasteiger partial charge in [0.2, 0.25) is 0 Å². The fourth-order valence-corrected chi connectivity index (χ4v) is 3.92. The number of primary amides is 1. The molecule has 0 unspecified atom stereocenters. The summed E-state index contributed by atoms with van der Waals surface area (Å²) in [6, 6.07) is 7.25. The molecule has 0 aliphatic heterocycles. The number of carbonyl (C=O) groups excluding carboxylic acids is 1. The third kappa shape index (κ3) is 3.13. The van der Waals surface area contributed by atoms with Gasteiger partial charge in [-0.1, -0.05) is 11.6 Å². The molecule has 2 aromatic carbocycles. The van der Waals surface area contributed by atoms with Crippen LogP contribution in [0.5, 0.6) is 5.75 Å². The van der Waals surface area contributed by atoms with Gasteiger partial charge in [-0.3, -0.25) is 9.52 Å². The molecule has 0 bridgehead atoms. The van der Waals surface area contributed by atoms with E-state index in [1.165, 1.54) is 0 Å². The number of hydrogen-bond acceptors (Lipinski definition) is 4. The van der Waals surface area contributed by atoms with Crippen LogP contribution in [0.2, 0.25) is 5.02 Å². The number of H-pyrrole nitrogens is 1. The van der Waals surface area contributed by atoms with Crippen LogP contribution in [0.1, 0.15) is 15.9 Å².